The summed E-state index contributed by atoms with van der Waals surface area (Å²) in [5.41, 5.74) is 6.97. The molecule has 2 aromatic carbocycles. The molecule has 0 spiro atoms. The molecular weight excluding hydrogens is 537 g/mol. The van der Waals surface area contributed by atoms with Crippen LogP contribution in [0.3, 0.4) is 0 Å². The molecule has 0 fully saturated rings. The highest BCUT2D eigenvalue weighted by molar-refractivity contribution is 9.09. The topological polar surface area (TPSA) is 58.3 Å². The Morgan fingerprint density at radius 3 is 2.65 bits per heavy atom. The number of alkyl halides is 1. The fourth-order valence-electron chi connectivity index (χ4n) is 5.42. The van der Waals surface area contributed by atoms with Crippen LogP contribution in [0, 0.1) is 5.82 Å². The standard InChI is InChI=1S/C29H31BrFN3O3/c1-4-23-26-24(33(3)32-23)17-36-16-19-10-7-6-9-18(19)15-34-27-21(12-13-22(31)25(26)27)20(11-8-14-30)28(34)29(35)37-5-2/h6-7,9-10,12-13H,4-5,8,11,14-17H2,1-3H3. The Bertz CT molecular complexity index is 1470. The van der Waals surface area contributed by atoms with Crippen LogP contribution >= 0.6 is 15.9 Å². The molecule has 1 aliphatic rings. The fourth-order valence-corrected chi connectivity index (χ4v) is 5.70. The van der Waals surface area contributed by atoms with Crippen molar-refractivity contribution in [2.45, 2.75) is 52.9 Å². The number of fused-ring (bicyclic) bond motifs is 3. The number of halogens is 2. The lowest BCUT2D eigenvalue weighted by molar-refractivity contribution is 0.0513. The van der Waals surface area contributed by atoms with Gasteiger partial charge in [0.15, 0.2) is 0 Å². The Balaban J connectivity index is 1.95. The van der Waals surface area contributed by atoms with Gasteiger partial charge in [0, 0.05) is 35.4 Å². The minimum Gasteiger partial charge on any atom is -0.461 e. The van der Waals surface area contributed by atoms with Gasteiger partial charge in [-0.15, -0.1) is 0 Å². The van der Waals surface area contributed by atoms with Gasteiger partial charge in [0.2, 0.25) is 0 Å². The Hall–Kier alpha value is -2.97. The third kappa shape index (κ3) is 4.50. The first-order chi connectivity index (χ1) is 18.0. The van der Waals surface area contributed by atoms with E-state index in [2.05, 4.69) is 15.9 Å². The molecule has 0 atom stereocenters. The number of carbonyl (C=O) groups is 1. The molecule has 0 amide bonds. The van der Waals surface area contributed by atoms with Gasteiger partial charge in [-0.05, 0) is 55.0 Å². The van der Waals surface area contributed by atoms with Crippen molar-refractivity contribution in [3.63, 3.8) is 0 Å². The highest BCUT2D eigenvalue weighted by atomic mass is 79.9. The minimum atomic E-state index is -0.389. The second-order valence-electron chi connectivity index (χ2n) is 9.25. The molecule has 0 aliphatic carbocycles. The van der Waals surface area contributed by atoms with E-state index in [9.17, 15) is 4.79 Å². The molecule has 194 valence electrons. The van der Waals surface area contributed by atoms with Crippen LogP contribution in [-0.2, 0) is 49.1 Å². The molecule has 37 heavy (non-hydrogen) atoms. The summed E-state index contributed by atoms with van der Waals surface area (Å²) in [6.07, 6.45) is 2.14. The largest absolute Gasteiger partial charge is 0.461 e. The van der Waals surface area contributed by atoms with Gasteiger partial charge in [0.05, 0.1) is 36.7 Å². The second-order valence-corrected chi connectivity index (χ2v) is 10.0. The zero-order chi connectivity index (χ0) is 26.1. The Labute approximate surface area is 224 Å². The van der Waals surface area contributed by atoms with Crippen molar-refractivity contribution in [1.82, 2.24) is 14.3 Å². The van der Waals surface area contributed by atoms with Crippen LogP contribution in [0.25, 0.3) is 22.0 Å². The summed E-state index contributed by atoms with van der Waals surface area (Å²) >= 11 is 3.54. The number of aromatic nitrogens is 3. The molecule has 6 nitrogen and oxygen atoms in total. The Morgan fingerprint density at radius 2 is 1.92 bits per heavy atom. The average molecular weight is 568 g/mol. The molecule has 0 saturated carbocycles. The van der Waals surface area contributed by atoms with Crippen LogP contribution in [-0.4, -0.2) is 32.3 Å². The van der Waals surface area contributed by atoms with E-state index in [0.29, 0.717) is 49.4 Å². The van der Waals surface area contributed by atoms with E-state index < -0.39 is 0 Å². The van der Waals surface area contributed by atoms with Gasteiger partial charge in [-0.1, -0.05) is 47.1 Å². The van der Waals surface area contributed by atoms with E-state index in [4.69, 9.17) is 14.6 Å². The van der Waals surface area contributed by atoms with Crippen molar-refractivity contribution in [3.05, 3.63) is 76.0 Å². The van der Waals surface area contributed by atoms with Crippen molar-refractivity contribution in [2.75, 3.05) is 11.9 Å². The number of hydrogen-bond acceptors (Lipinski definition) is 4. The second kappa shape index (κ2) is 10.8. The molecule has 0 unspecified atom stereocenters. The predicted octanol–water partition coefficient (Wildman–Crippen LogP) is 6.33. The first-order valence-corrected chi connectivity index (χ1v) is 13.9. The summed E-state index contributed by atoms with van der Waals surface area (Å²) in [5.74, 6) is -0.731. The molecular formula is C29H31BrFN3O3. The lowest BCUT2D eigenvalue weighted by Crippen LogP contribution is -2.16. The maximum atomic E-state index is 16.0. The molecule has 8 heteroatoms. The van der Waals surface area contributed by atoms with Gasteiger partial charge >= 0.3 is 5.97 Å². The monoisotopic (exact) mass is 567 g/mol. The molecule has 4 aromatic rings. The highest BCUT2D eigenvalue weighted by Crippen LogP contribution is 2.41. The van der Waals surface area contributed by atoms with Gasteiger partial charge in [-0.2, -0.15) is 5.10 Å². The van der Waals surface area contributed by atoms with Gasteiger partial charge < -0.3 is 14.0 Å². The van der Waals surface area contributed by atoms with Crippen molar-refractivity contribution >= 4 is 32.8 Å². The number of rotatable bonds is 6. The molecule has 1 aliphatic heterocycles. The van der Waals surface area contributed by atoms with Gasteiger partial charge in [-0.3, -0.25) is 4.68 Å². The Morgan fingerprint density at radius 1 is 1.14 bits per heavy atom. The molecule has 0 N–H and O–H groups in total. The number of esters is 1. The quantitative estimate of drug-likeness (QED) is 0.202. The van der Waals surface area contributed by atoms with E-state index in [0.717, 1.165) is 50.8 Å². The summed E-state index contributed by atoms with van der Waals surface area (Å²) in [6, 6.07) is 11.4. The van der Waals surface area contributed by atoms with Crippen molar-refractivity contribution < 1.29 is 18.7 Å². The smallest absolute Gasteiger partial charge is 0.355 e. The lowest BCUT2D eigenvalue weighted by Gasteiger charge is -2.15. The number of ether oxygens (including phenoxy) is 2. The van der Waals surface area contributed by atoms with Crippen LogP contribution in [0.4, 0.5) is 4.39 Å². The van der Waals surface area contributed by atoms with E-state index in [-0.39, 0.29) is 18.4 Å². The average Bonchev–Trinajstić information content (AvgIpc) is 3.36. The van der Waals surface area contributed by atoms with Gasteiger partial charge in [0.1, 0.15) is 11.5 Å². The van der Waals surface area contributed by atoms with E-state index >= 15 is 4.39 Å². The first-order valence-electron chi connectivity index (χ1n) is 12.8. The SMILES string of the molecule is CCOC(=O)c1c(CCCBr)c2ccc(F)c3c2n1Cc1ccccc1COCc1c-3c(CC)nn1C. The number of nitrogens with zero attached hydrogens (tertiary/aromatic N) is 3. The highest BCUT2D eigenvalue weighted by Gasteiger charge is 2.30. The van der Waals surface area contributed by atoms with Crippen LogP contribution in [0.5, 0.6) is 0 Å². The van der Waals surface area contributed by atoms with Crippen LogP contribution in [0.15, 0.2) is 36.4 Å². The van der Waals surface area contributed by atoms with Gasteiger partial charge in [0.25, 0.3) is 0 Å². The van der Waals surface area contributed by atoms with E-state index in [1.54, 1.807) is 17.7 Å². The Kier molecular flexibility index (Phi) is 7.49. The molecule has 2 aromatic heterocycles. The number of carbonyl (C=O) groups excluding carboxylic acids is 1. The number of benzene rings is 2. The number of hydrogen-bond donors (Lipinski definition) is 0. The summed E-state index contributed by atoms with van der Waals surface area (Å²) in [5, 5.41) is 6.40. The van der Waals surface area contributed by atoms with E-state index in [1.807, 2.05) is 42.8 Å². The van der Waals surface area contributed by atoms with Crippen molar-refractivity contribution in [2.24, 2.45) is 7.05 Å². The van der Waals surface area contributed by atoms with Crippen LogP contribution < -0.4 is 0 Å². The van der Waals surface area contributed by atoms with Crippen LogP contribution in [0.1, 0.15) is 58.8 Å². The molecule has 0 bridgehead atoms. The summed E-state index contributed by atoms with van der Waals surface area (Å²) in [6.45, 7) is 5.18. The van der Waals surface area contributed by atoms with Crippen molar-refractivity contribution in [3.8, 4) is 11.1 Å². The normalized spacial score (nSPS) is 13.2. The molecule has 0 radical (unpaired) electrons. The van der Waals surface area contributed by atoms with E-state index in [1.165, 1.54) is 6.07 Å². The summed E-state index contributed by atoms with van der Waals surface area (Å²) in [4.78, 5) is 13.5. The van der Waals surface area contributed by atoms with Gasteiger partial charge in [-0.25, -0.2) is 9.18 Å². The maximum Gasteiger partial charge on any atom is 0.355 e. The summed E-state index contributed by atoms with van der Waals surface area (Å²) < 4.78 is 31.5. The molecule has 3 heterocycles. The maximum absolute atomic E-state index is 16.0. The zero-order valence-corrected chi connectivity index (χ0v) is 23.0. The number of aryl methyl sites for hydroxylation is 3. The minimum absolute atomic E-state index is 0.261. The fraction of sp³-hybridized carbons (Fsp3) is 0.379. The first kappa shape index (κ1) is 25.7. The third-order valence-corrected chi connectivity index (χ3v) is 7.63. The molecule has 0 saturated heterocycles. The third-order valence-electron chi connectivity index (χ3n) is 7.07. The van der Waals surface area contributed by atoms with Crippen molar-refractivity contribution in [1.29, 1.82) is 0 Å². The van der Waals surface area contributed by atoms with Crippen LogP contribution in [0.2, 0.25) is 0 Å². The predicted molar refractivity (Wildman–Crippen MR) is 146 cm³/mol. The molecule has 5 rings (SSSR count). The summed E-state index contributed by atoms with van der Waals surface area (Å²) in [7, 11) is 1.87. The lowest BCUT2D eigenvalue weighted by atomic mass is 9.96. The zero-order valence-electron chi connectivity index (χ0n) is 21.4.